The maximum Gasteiger partial charge on any atom is 0.182 e. The molecule has 174 valence electrons. The molecule has 1 aromatic carbocycles. The largest absolute Gasteiger partial charge is 0.390 e. The number of rotatable bonds is 3. The van der Waals surface area contributed by atoms with Crippen molar-refractivity contribution in [3.05, 3.63) is 35.7 Å². The Morgan fingerprint density at radius 1 is 1.21 bits per heavy atom. The number of aliphatic hydroxyl groups is 1. The van der Waals surface area contributed by atoms with E-state index in [0.29, 0.717) is 11.3 Å². The summed E-state index contributed by atoms with van der Waals surface area (Å²) >= 11 is 0. The van der Waals surface area contributed by atoms with E-state index in [1.54, 1.807) is 6.20 Å². The topological polar surface area (TPSA) is 106 Å². The highest BCUT2D eigenvalue weighted by molar-refractivity contribution is 5.75. The molecule has 0 amide bonds. The van der Waals surface area contributed by atoms with E-state index >= 15 is 0 Å². The van der Waals surface area contributed by atoms with Crippen LogP contribution in [0.2, 0.25) is 0 Å². The zero-order chi connectivity index (χ0) is 22.7. The molecule has 6 rings (SSSR count). The second-order valence-electron chi connectivity index (χ2n) is 9.79. The first-order valence-electron chi connectivity index (χ1n) is 11.8. The monoisotopic (exact) mass is 449 g/mol. The molecule has 2 fully saturated rings. The van der Waals surface area contributed by atoms with Crippen LogP contribution in [0, 0.1) is 5.41 Å². The maximum atomic E-state index is 10.1. The van der Waals surface area contributed by atoms with Crippen LogP contribution in [-0.2, 0) is 17.8 Å². The van der Waals surface area contributed by atoms with Gasteiger partial charge in [-0.3, -0.25) is 0 Å². The molecule has 2 aromatic heterocycles. The first-order valence-corrected chi connectivity index (χ1v) is 11.8. The highest BCUT2D eigenvalue weighted by Crippen LogP contribution is 2.42. The standard InChI is InChI=1S/C24H31N7O2/c1-15-21(25)24(14-33-15)6-9-30(10-7-24)22-19(13-32)28-23-18(27-22)12-26-31(23)17-4-3-16-5-8-29(2)20(16)11-17/h3-4,11-12,15,21,32H,5-10,13-14,25H2,1-2H3/t15-,21+/m0/s1. The van der Waals surface area contributed by atoms with Gasteiger partial charge in [-0.25, -0.2) is 14.6 Å². The quantitative estimate of drug-likeness (QED) is 0.622. The summed E-state index contributed by atoms with van der Waals surface area (Å²) in [5.74, 6) is 0.744. The zero-order valence-corrected chi connectivity index (χ0v) is 19.2. The first-order chi connectivity index (χ1) is 16.0. The summed E-state index contributed by atoms with van der Waals surface area (Å²) in [4.78, 5) is 14.2. The van der Waals surface area contributed by atoms with Gasteiger partial charge >= 0.3 is 0 Å². The van der Waals surface area contributed by atoms with Crippen molar-refractivity contribution in [1.29, 1.82) is 0 Å². The van der Waals surface area contributed by atoms with Gasteiger partial charge in [0.05, 0.1) is 31.2 Å². The van der Waals surface area contributed by atoms with Crippen LogP contribution in [0.1, 0.15) is 31.0 Å². The number of ether oxygens (including phenoxy) is 1. The van der Waals surface area contributed by atoms with E-state index in [-0.39, 0.29) is 24.2 Å². The van der Waals surface area contributed by atoms with Gasteiger partial charge in [-0.15, -0.1) is 0 Å². The molecule has 1 spiro atoms. The molecular weight excluding hydrogens is 418 g/mol. The van der Waals surface area contributed by atoms with Crippen molar-refractivity contribution in [1.82, 2.24) is 19.7 Å². The lowest BCUT2D eigenvalue weighted by atomic mass is 9.73. The van der Waals surface area contributed by atoms with Crippen LogP contribution in [0.4, 0.5) is 11.5 Å². The number of fused-ring (bicyclic) bond motifs is 2. The zero-order valence-electron chi connectivity index (χ0n) is 19.2. The van der Waals surface area contributed by atoms with Crippen molar-refractivity contribution in [2.45, 2.75) is 44.9 Å². The highest BCUT2D eigenvalue weighted by atomic mass is 16.5. The Labute approximate surface area is 193 Å². The Morgan fingerprint density at radius 2 is 2.03 bits per heavy atom. The van der Waals surface area contributed by atoms with Crippen molar-refractivity contribution in [2.24, 2.45) is 11.1 Å². The number of aromatic nitrogens is 4. The number of nitrogens with two attached hydrogens (primary N) is 1. The molecule has 0 bridgehead atoms. The van der Waals surface area contributed by atoms with Gasteiger partial charge in [0.1, 0.15) is 11.2 Å². The summed E-state index contributed by atoms with van der Waals surface area (Å²) in [6.07, 6.45) is 4.83. The third kappa shape index (κ3) is 3.21. The van der Waals surface area contributed by atoms with Crippen LogP contribution >= 0.6 is 0 Å². The summed E-state index contributed by atoms with van der Waals surface area (Å²) in [6, 6.07) is 6.46. The smallest absolute Gasteiger partial charge is 0.182 e. The average Bonchev–Trinajstić information content (AvgIpc) is 3.51. The van der Waals surface area contributed by atoms with Gasteiger partial charge in [0.25, 0.3) is 0 Å². The predicted octanol–water partition coefficient (Wildman–Crippen LogP) is 1.63. The van der Waals surface area contributed by atoms with Crippen LogP contribution in [0.25, 0.3) is 16.9 Å². The molecule has 3 N–H and O–H groups in total. The second-order valence-corrected chi connectivity index (χ2v) is 9.79. The lowest BCUT2D eigenvalue weighted by Crippen LogP contribution is -2.51. The molecule has 2 atom stereocenters. The van der Waals surface area contributed by atoms with E-state index in [4.69, 9.17) is 20.4 Å². The Bertz CT molecular complexity index is 1200. The molecule has 3 aromatic rings. The normalized spacial score (nSPS) is 24.2. The first kappa shape index (κ1) is 20.8. The third-order valence-electron chi connectivity index (χ3n) is 7.95. The summed E-state index contributed by atoms with van der Waals surface area (Å²) in [5.41, 5.74) is 12.0. The number of piperidine rings is 1. The van der Waals surface area contributed by atoms with Gasteiger partial charge in [0.2, 0.25) is 0 Å². The van der Waals surface area contributed by atoms with Gasteiger partial charge in [-0.2, -0.15) is 5.10 Å². The van der Waals surface area contributed by atoms with Crippen molar-refractivity contribution in [3.8, 4) is 5.69 Å². The molecule has 33 heavy (non-hydrogen) atoms. The molecule has 0 aliphatic carbocycles. The lowest BCUT2D eigenvalue weighted by molar-refractivity contribution is 0.0973. The van der Waals surface area contributed by atoms with E-state index in [1.165, 1.54) is 11.3 Å². The number of nitrogens with zero attached hydrogens (tertiary/aromatic N) is 6. The van der Waals surface area contributed by atoms with E-state index in [0.717, 1.165) is 62.5 Å². The van der Waals surface area contributed by atoms with Gasteiger partial charge in [-0.05, 0) is 43.9 Å². The summed E-state index contributed by atoms with van der Waals surface area (Å²) in [6.45, 7) is 5.29. The number of aliphatic hydroxyl groups excluding tert-OH is 1. The van der Waals surface area contributed by atoms with Crippen molar-refractivity contribution < 1.29 is 9.84 Å². The summed E-state index contributed by atoms with van der Waals surface area (Å²) in [5, 5.41) is 14.7. The van der Waals surface area contributed by atoms with Gasteiger partial charge < -0.3 is 25.4 Å². The van der Waals surface area contributed by atoms with E-state index in [9.17, 15) is 5.11 Å². The molecule has 9 heteroatoms. The molecular formula is C24H31N7O2. The fourth-order valence-corrected chi connectivity index (χ4v) is 5.72. The van der Waals surface area contributed by atoms with Crippen molar-refractivity contribution >= 4 is 22.7 Å². The Balaban J connectivity index is 1.32. The van der Waals surface area contributed by atoms with Crippen LogP contribution in [0.5, 0.6) is 0 Å². The van der Waals surface area contributed by atoms with Crippen molar-refractivity contribution in [2.75, 3.05) is 43.1 Å². The van der Waals surface area contributed by atoms with Crippen LogP contribution in [0.15, 0.2) is 24.4 Å². The fraction of sp³-hybridized carbons (Fsp3) is 0.542. The van der Waals surface area contributed by atoms with Crippen LogP contribution in [0.3, 0.4) is 0 Å². The molecule has 2 saturated heterocycles. The summed E-state index contributed by atoms with van der Waals surface area (Å²) < 4.78 is 7.67. The minimum atomic E-state index is -0.169. The van der Waals surface area contributed by atoms with E-state index in [2.05, 4.69) is 47.1 Å². The minimum absolute atomic E-state index is 0.0401. The molecule has 9 nitrogen and oxygen atoms in total. The average molecular weight is 450 g/mol. The molecule has 0 saturated carbocycles. The molecule has 0 radical (unpaired) electrons. The molecule has 3 aliphatic rings. The van der Waals surface area contributed by atoms with E-state index < -0.39 is 0 Å². The van der Waals surface area contributed by atoms with Gasteiger partial charge in [-0.1, -0.05) is 6.07 Å². The minimum Gasteiger partial charge on any atom is -0.390 e. The highest BCUT2D eigenvalue weighted by Gasteiger charge is 2.47. The van der Waals surface area contributed by atoms with Crippen molar-refractivity contribution in [3.63, 3.8) is 0 Å². The van der Waals surface area contributed by atoms with Crippen LogP contribution < -0.4 is 15.5 Å². The number of likely N-dealkylation sites (N-methyl/N-ethyl adjacent to an activating group) is 1. The fourth-order valence-electron chi connectivity index (χ4n) is 5.72. The Morgan fingerprint density at radius 3 is 2.76 bits per heavy atom. The summed E-state index contributed by atoms with van der Waals surface area (Å²) in [7, 11) is 2.11. The van der Waals surface area contributed by atoms with E-state index in [1.807, 2.05) is 4.68 Å². The SMILES string of the molecule is C[C@@H]1OCC2(CCN(c3nc4cnn(-c5ccc6c(c5)N(C)CC6)c4nc3CO)CC2)[C@@H]1N. The van der Waals surface area contributed by atoms with Gasteiger partial charge in [0.15, 0.2) is 11.5 Å². The van der Waals surface area contributed by atoms with Crippen LogP contribution in [-0.4, -0.2) is 70.3 Å². The molecule has 0 unspecified atom stereocenters. The predicted molar refractivity (Wildman–Crippen MR) is 127 cm³/mol. The number of hydrogen-bond donors (Lipinski definition) is 2. The lowest BCUT2D eigenvalue weighted by Gasteiger charge is -2.41. The Hall–Kier alpha value is -2.75. The maximum absolute atomic E-state index is 10.1. The molecule has 3 aliphatic heterocycles. The second kappa shape index (κ2) is 7.65. The van der Waals surface area contributed by atoms with Gasteiger partial charge in [0, 0.05) is 43.8 Å². The third-order valence-corrected chi connectivity index (χ3v) is 7.95. The Kier molecular flexibility index (Phi) is 4.83. The number of anilines is 2. The molecule has 5 heterocycles. The number of benzene rings is 1. The number of hydrogen-bond acceptors (Lipinski definition) is 8.